The SMILES string of the molecule is CCCCc1ccc2c3c4[n+](ccc13)-c1c(n3nc(C(F)(F)F)cc3c3cccc[n+]13)C(CC)(CC)c1ccc(F)c(c1-4)C2(C)C. The number of aromatic nitrogens is 4. The third kappa shape index (κ3) is 3.53. The van der Waals surface area contributed by atoms with E-state index in [0.29, 0.717) is 41.0 Å². The van der Waals surface area contributed by atoms with E-state index in [1.165, 1.54) is 10.1 Å². The minimum Gasteiger partial charge on any atom is -0.216 e. The molecule has 0 N–H and O–H groups in total. The maximum absolute atomic E-state index is 16.4. The van der Waals surface area contributed by atoms with Crippen LogP contribution < -0.4 is 8.97 Å². The van der Waals surface area contributed by atoms with Crippen molar-refractivity contribution in [2.75, 3.05) is 0 Å². The summed E-state index contributed by atoms with van der Waals surface area (Å²) in [7, 11) is 0. The van der Waals surface area contributed by atoms with Gasteiger partial charge in [-0.15, -0.1) is 8.97 Å². The first-order valence-electron chi connectivity index (χ1n) is 16.3. The van der Waals surface area contributed by atoms with Gasteiger partial charge in [0, 0.05) is 35.2 Å². The van der Waals surface area contributed by atoms with Crippen LogP contribution in [-0.2, 0) is 23.4 Å². The molecule has 0 saturated heterocycles. The molecule has 0 unspecified atom stereocenters. The molecule has 46 heavy (non-hydrogen) atoms. The number of hydrogen-bond acceptors (Lipinski definition) is 1. The van der Waals surface area contributed by atoms with Crippen molar-refractivity contribution in [2.24, 2.45) is 0 Å². The largest absolute Gasteiger partial charge is 0.478 e. The van der Waals surface area contributed by atoms with Crippen LogP contribution in [0, 0.1) is 5.82 Å². The minimum absolute atomic E-state index is 0.277. The maximum atomic E-state index is 16.4. The number of hydrogen-bond donors (Lipinski definition) is 0. The second kappa shape index (κ2) is 9.60. The van der Waals surface area contributed by atoms with Crippen molar-refractivity contribution in [3.05, 3.63) is 106 Å². The Hall–Kier alpha value is -4.33. The third-order valence-electron chi connectivity index (χ3n) is 10.9. The van der Waals surface area contributed by atoms with Crippen LogP contribution in [0.1, 0.15) is 93.9 Å². The number of alkyl halides is 3. The maximum Gasteiger partial charge on any atom is 0.478 e. The molecule has 4 nitrogen and oxygen atoms in total. The molecule has 0 saturated carbocycles. The molecule has 0 amide bonds. The standard InChI is InChI=1S/C38H36F4N4/c1-6-9-12-22-14-15-24-30-23(22)18-20-45-33(30)31-25(16-17-26(39)32(31)36(24,4)5)37(7-2,8-3)34-35(45)44-19-11-10-13-27(44)28-21-29(38(40,41)42)43-46(28)34/h10-11,13-21H,6-9,12H2,1-5H3/q+2. The first-order valence-corrected chi connectivity index (χ1v) is 16.3. The van der Waals surface area contributed by atoms with Crippen LogP contribution in [0.5, 0.6) is 0 Å². The fraction of sp³-hybridized carbons (Fsp3) is 0.342. The van der Waals surface area contributed by atoms with Gasteiger partial charge in [-0.25, -0.2) is 8.91 Å². The molecular formula is C38H36F4N4+2. The molecule has 0 radical (unpaired) electrons. The number of nitrogens with zero attached hydrogens (tertiary/aromatic N) is 4. The van der Waals surface area contributed by atoms with Gasteiger partial charge >= 0.3 is 12.0 Å². The van der Waals surface area contributed by atoms with Gasteiger partial charge in [0.05, 0.1) is 16.4 Å². The van der Waals surface area contributed by atoms with Crippen molar-refractivity contribution < 1.29 is 26.5 Å². The van der Waals surface area contributed by atoms with Crippen LogP contribution in [0.25, 0.3) is 38.9 Å². The number of unbranched alkanes of at least 4 members (excludes halogenated alkanes) is 1. The predicted molar refractivity (Wildman–Crippen MR) is 170 cm³/mol. The Labute approximate surface area is 264 Å². The monoisotopic (exact) mass is 624 g/mol. The second-order valence-electron chi connectivity index (χ2n) is 13.4. The van der Waals surface area contributed by atoms with Crippen molar-refractivity contribution in [2.45, 2.75) is 83.7 Å². The molecule has 0 atom stereocenters. The van der Waals surface area contributed by atoms with E-state index >= 15 is 4.39 Å². The fourth-order valence-corrected chi connectivity index (χ4v) is 8.61. The molecule has 234 valence electrons. The molecule has 0 bridgehead atoms. The highest BCUT2D eigenvalue weighted by Gasteiger charge is 2.54. The lowest BCUT2D eigenvalue weighted by molar-refractivity contribution is -0.700. The smallest absolute Gasteiger partial charge is 0.216 e. The number of fused-ring (bicyclic) bond motifs is 7. The lowest BCUT2D eigenvalue weighted by Crippen LogP contribution is -2.49. The van der Waals surface area contributed by atoms with Crippen molar-refractivity contribution in [3.8, 4) is 17.1 Å². The molecule has 1 aliphatic heterocycles. The normalized spacial score (nSPS) is 15.8. The van der Waals surface area contributed by atoms with Gasteiger partial charge in [0.1, 0.15) is 11.3 Å². The van der Waals surface area contributed by atoms with Crippen LogP contribution in [0.4, 0.5) is 17.6 Å². The Bertz CT molecular complexity index is 2260. The van der Waals surface area contributed by atoms with Gasteiger partial charge < -0.3 is 0 Å². The van der Waals surface area contributed by atoms with E-state index in [2.05, 4.69) is 62.5 Å². The first kappa shape index (κ1) is 29.1. The van der Waals surface area contributed by atoms with E-state index in [-0.39, 0.29) is 5.82 Å². The average molecular weight is 625 g/mol. The van der Waals surface area contributed by atoms with Crippen LogP contribution >= 0.6 is 0 Å². The summed E-state index contributed by atoms with van der Waals surface area (Å²) >= 11 is 0. The lowest BCUT2D eigenvalue weighted by atomic mass is 9.64. The highest BCUT2D eigenvalue weighted by molar-refractivity contribution is 6.03. The van der Waals surface area contributed by atoms with Gasteiger partial charge in [-0.2, -0.15) is 18.3 Å². The molecule has 8 rings (SSSR count). The van der Waals surface area contributed by atoms with Crippen LogP contribution in [0.15, 0.2) is 67.0 Å². The fourth-order valence-electron chi connectivity index (χ4n) is 8.61. The summed E-state index contributed by atoms with van der Waals surface area (Å²) in [6.45, 7) is 10.5. The van der Waals surface area contributed by atoms with Gasteiger partial charge in [0.15, 0.2) is 23.8 Å². The summed E-state index contributed by atoms with van der Waals surface area (Å²) in [4.78, 5) is 0. The summed E-state index contributed by atoms with van der Waals surface area (Å²) < 4.78 is 65.1. The van der Waals surface area contributed by atoms with Crippen molar-refractivity contribution in [3.63, 3.8) is 0 Å². The van der Waals surface area contributed by atoms with Crippen LogP contribution in [0.2, 0.25) is 0 Å². The number of rotatable bonds is 5. The predicted octanol–water partition coefficient (Wildman–Crippen LogP) is 8.73. The Kier molecular flexibility index (Phi) is 6.07. The van der Waals surface area contributed by atoms with E-state index in [1.54, 1.807) is 6.07 Å². The Morgan fingerprint density at radius 3 is 2.39 bits per heavy atom. The molecule has 6 aromatic rings. The van der Waals surface area contributed by atoms with Crippen molar-refractivity contribution in [1.29, 1.82) is 0 Å². The highest BCUT2D eigenvalue weighted by Crippen LogP contribution is 2.55. The van der Waals surface area contributed by atoms with Crippen molar-refractivity contribution in [1.82, 2.24) is 9.61 Å². The van der Waals surface area contributed by atoms with E-state index in [0.717, 1.165) is 58.5 Å². The Morgan fingerprint density at radius 1 is 0.913 bits per heavy atom. The summed E-state index contributed by atoms with van der Waals surface area (Å²) in [5.41, 5.74) is 4.84. The number of pyridine rings is 2. The Balaban J connectivity index is 1.69. The quantitative estimate of drug-likeness (QED) is 0.139. The first-order chi connectivity index (χ1) is 22.0. The zero-order chi connectivity index (χ0) is 32.3. The second-order valence-corrected chi connectivity index (χ2v) is 13.4. The van der Waals surface area contributed by atoms with Crippen LogP contribution in [-0.4, -0.2) is 9.61 Å². The Morgan fingerprint density at radius 2 is 1.67 bits per heavy atom. The number of halogens is 4. The van der Waals surface area contributed by atoms with E-state index in [1.807, 2.05) is 41.1 Å². The van der Waals surface area contributed by atoms with Gasteiger partial charge in [-0.05, 0) is 59.9 Å². The van der Waals surface area contributed by atoms with E-state index in [9.17, 15) is 13.2 Å². The molecule has 1 aliphatic carbocycles. The van der Waals surface area contributed by atoms with Gasteiger partial charge in [0.25, 0.3) is 0 Å². The molecule has 5 heterocycles. The zero-order valence-electron chi connectivity index (χ0n) is 26.7. The molecule has 2 aliphatic rings. The minimum atomic E-state index is -4.62. The van der Waals surface area contributed by atoms with Gasteiger partial charge in [-0.3, -0.25) is 0 Å². The average Bonchev–Trinajstić information content (AvgIpc) is 3.46. The molecular weight excluding hydrogens is 588 g/mol. The molecule has 2 aromatic carbocycles. The third-order valence-corrected chi connectivity index (χ3v) is 10.9. The summed E-state index contributed by atoms with van der Waals surface area (Å²) in [6.07, 6.45) is 3.52. The van der Waals surface area contributed by atoms with E-state index in [4.69, 9.17) is 0 Å². The topological polar surface area (TPSA) is 25.3 Å². The molecule has 4 aromatic heterocycles. The summed E-state index contributed by atoms with van der Waals surface area (Å²) in [5.74, 6) is 0.439. The van der Waals surface area contributed by atoms with Gasteiger partial charge in [0.2, 0.25) is 11.2 Å². The van der Waals surface area contributed by atoms with E-state index < -0.39 is 22.7 Å². The van der Waals surface area contributed by atoms with Crippen LogP contribution in [0.3, 0.4) is 0 Å². The summed E-state index contributed by atoms with van der Waals surface area (Å²) in [5, 5.41) is 6.53. The lowest BCUT2D eigenvalue weighted by Gasteiger charge is -2.37. The zero-order valence-corrected chi connectivity index (χ0v) is 26.7. The highest BCUT2D eigenvalue weighted by atomic mass is 19.4. The molecule has 8 heteroatoms. The molecule has 0 spiro atoms. The molecule has 0 fully saturated rings. The summed E-state index contributed by atoms with van der Waals surface area (Å²) in [6, 6.07) is 16.7. The van der Waals surface area contributed by atoms with Gasteiger partial charge in [-0.1, -0.05) is 59.2 Å². The number of aryl methyl sites for hydroxylation is 1. The van der Waals surface area contributed by atoms with Crippen molar-refractivity contribution >= 4 is 21.8 Å². The number of benzene rings is 2.